The van der Waals surface area contributed by atoms with Gasteiger partial charge in [-0.3, -0.25) is 6.58 Å². The summed E-state index contributed by atoms with van der Waals surface area (Å²) in [6.07, 6.45) is 8.00. The number of hydrogen-bond acceptors (Lipinski definition) is 2. The van der Waals surface area contributed by atoms with Gasteiger partial charge in [-0.1, -0.05) is 56.0 Å². The third-order valence-electron chi connectivity index (χ3n) is 3.78. The largest absolute Gasteiger partial charge is 1.00 e. The van der Waals surface area contributed by atoms with Crippen molar-refractivity contribution in [3.05, 3.63) is 108 Å². The summed E-state index contributed by atoms with van der Waals surface area (Å²) < 4.78 is 0. The van der Waals surface area contributed by atoms with Crippen molar-refractivity contribution >= 4 is 23.5 Å². The molecule has 0 radical (unpaired) electrons. The van der Waals surface area contributed by atoms with Crippen LogP contribution in [0.25, 0.3) is 12.2 Å². The SMILES string of the molecule is CCc1ccc(N)cc1.Nc1cc[c-]cc1.[CH-]=Cc1cccc(/C=C/CC)c1.[K+]. The maximum absolute atomic E-state index is 5.48. The summed E-state index contributed by atoms with van der Waals surface area (Å²) in [5, 5.41) is 0. The molecule has 0 aliphatic rings. The summed E-state index contributed by atoms with van der Waals surface area (Å²) in [4.78, 5) is 0. The van der Waals surface area contributed by atoms with Crippen molar-refractivity contribution in [2.45, 2.75) is 26.7 Å². The fraction of sp³-hybridized carbons (Fsp3) is 0.154. The molecule has 0 spiro atoms. The van der Waals surface area contributed by atoms with E-state index in [1.54, 1.807) is 30.3 Å². The minimum absolute atomic E-state index is 0. The fourth-order valence-corrected chi connectivity index (χ4v) is 2.17. The molecular weight excluding hydrogens is 379 g/mol. The summed E-state index contributed by atoms with van der Waals surface area (Å²) in [6.45, 7) is 9.65. The summed E-state index contributed by atoms with van der Waals surface area (Å²) in [5.74, 6) is 0. The molecule has 0 heterocycles. The van der Waals surface area contributed by atoms with Crippen molar-refractivity contribution in [1.82, 2.24) is 0 Å². The molecule has 0 saturated heterocycles. The maximum atomic E-state index is 5.48. The third kappa shape index (κ3) is 13.3. The molecule has 3 heteroatoms. The van der Waals surface area contributed by atoms with Gasteiger partial charge in [-0.2, -0.15) is 23.8 Å². The monoisotopic (exact) mass is 409 g/mol. The van der Waals surface area contributed by atoms with Crippen LogP contribution in [-0.4, -0.2) is 0 Å². The van der Waals surface area contributed by atoms with Gasteiger partial charge < -0.3 is 11.5 Å². The van der Waals surface area contributed by atoms with Crippen molar-refractivity contribution < 1.29 is 51.4 Å². The first-order valence-electron chi connectivity index (χ1n) is 9.46. The van der Waals surface area contributed by atoms with E-state index in [0.717, 1.165) is 29.8 Å². The second kappa shape index (κ2) is 17.3. The third-order valence-corrected chi connectivity index (χ3v) is 3.78. The van der Waals surface area contributed by atoms with E-state index in [0.29, 0.717) is 0 Å². The van der Waals surface area contributed by atoms with Crippen LogP contribution in [0.5, 0.6) is 0 Å². The Morgan fingerprint density at radius 1 is 0.862 bits per heavy atom. The number of benzene rings is 3. The van der Waals surface area contributed by atoms with Gasteiger partial charge in [-0.25, -0.2) is 6.08 Å². The number of aryl methyl sites for hydroxylation is 1. The first-order valence-corrected chi connectivity index (χ1v) is 9.46. The molecule has 0 fully saturated rings. The van der Waals surface area contributed by atoms with Crippen molar-refractivity contribution in [3.8, 4) is 0 Å². The minimum Gasteiger partial charge on any atom is -0.419 e. The van der Waals surface area contributed by atoms with Crippen LogP contribution in [0.1, 0.15) is 37.0 Å². The van der Waals surface area contributed by atoms with Gasteiger partial charge in [0.1, 0.15) is 0 Å². The van der Waals surface area contributed by atoms with E-state index in [4.69, 9.17) is 18.0 Å². The molecule has 3 aromatic carbocycles. The van der Waals surface area contributed by atoms with Crippen LogP contribution in [0.4, 0.5) is 11.4 Å². The summed E-state index contributed by atoms with van der Waals surface area (Å²) in [5.41, 5.74) is 16.1. The predicted molar refractivity (Wildman–Crippen MR) is 124 cm³/mol. The number of rotatable bonds is 4. The molecule has 0 saturated carbocycles. The van der Waals surface area contributed by atoms with Crippen LogP contribution < -0.4 is 62.9 Å². The van der Waals surface area contributed by atoms with Gasteiger partial charge in [0.25, 0.3) is 0 Å². The molecule has 0 bridgehead atoms. The molecule has 146 valence electrons. The Bertz CT molecular complexity index is 825. The van der Waals surface area contributed by atoms with Crippen molar-refractivity contribution in [3.63, 3.8) is 0 Å². The van der Waals surface area contributed by atoms with Gasteiger partial charge in [0, 0.05) is 5.69 Å². The van der Waals surface area contributed by atoms with E-state index in [9.17, 15) is 0 Å². The predicted octanol–water partition coefficient (Wildman–Crippen LogP) is 3.46. The summed E-state index contributed by atoms with van der Waals surface area (Å²) >= 11 is 0. The topological polar surface area (TPSA) is 52.0 Å². The molecule has 3 rings (SSSR count). The van der Waals surface area contributed by atoms with E-state index in [-0.39, 0.29) is 51.4 Å². The summed E-state index contributed by atoms with van der Waals surface area (Å²) in [6, 6.07) is 26.1. The molecular formula is C26H30KN2-. The average Bonchev–Trinajstić information content (AvgIpc) is 2.74. The Balaban J connectivity index is 0.000000413. The van der Waals surface area contributed by atoms with Gasteiger partial charge in [0.15, 0.2) is 0 Å². The molecule has 0 aliphatic heterocycles. The van der Waals surface area contributed by atoms with Gasteiger partial charge in [0.2, 0.25) is 0 Å². The van der Waals surface area contributed by atoms with E-state index >= 15 is 0 Å². The van der Waals surface area contributed by atoms with E-state index in [1.165, 1.54) is 11.1 Å². The molecule has 0 aliphatic carbocycles. The van der Waals surface area contributed by atoms with Crippen LogP contribution in [0, 0.1) is 12.6 Å². The average molecular weight is 410 g/mol. The zero-order chi connectivity index (χ0) is 20.6. The van der Waals surface area contributed by atoms with E-state index in [1.807, 2.05) is 24.3 Å². The maximum Gasteiger partial charge on any atom is 1.00 e. The molecule has 29 heavy (non-hydrogen) atoms. The van der Waals surface area contributed by atoms with Gasteiger partial charge in [0.05, 0.1) is 0 Å². The number of anilines is 2. The summed E-state index contributed by atoms with van der Waals surface area (Å²) in [7, 11) is 0. The molecule has 0 unspecified atom stereocenters. The van der Waals surface area contributed by atoms with Crippen LogP contribution >= 0.6 is 0 Å². The molecule has 0 atom stereocenters. The van der Waals surface area contributed by atoms with Gasteiger partial charge >= 0.3 is 51.4 Å². The van der Waals surface area contributed by atoms with Crippen LogP contribution in [0.3, 0.4) is 0 Å². The quantitative estimate of drug-likeness (QED) is 0.394. The Morgan fingerprint density at radius 3 is 1.93 bits per heavy atom. The van der Waals surface area contributed by atoms with Crippen molar-refractivity contribution in [2.75, 3.05) is 11.5 Å². The minimum atomic E-state index is 0. The zero-order valence-corrected chi connectivity index (χ0v) is 20.9. The normalized spacial score (nSPS) is 9.31. The molecule has 4 N–H and O–H groups in total. The number of allylic oxidation sites excluding steroid dienone is 1. The fourth-order valence-electron chi connectivity index (χ4n) is 2.17. The Hall–Kier alpha value is -1.62. The zero-order valence-electron chi connectivity index (χ0n) is 17.8. The Kier molecular flexibility index (Phi) is 16.3. The van der Waals surface area contributed by atoms with Gasteiger partial charge in [-0.15, -0.1) is 24.3 Å². The molecule has 0 aromatic heterocycles. The first-order chi connectivity index (χ1) is 13.6. The molecule has 0 amide bonds. The van der Waals surface area contributed by atoms with Gasteiger partial charge in [-0.05, 0) is 36.1 Å². The second-order valence-corrected chi connectivity index (χ2v) is 6.08. The second-order valence-electron chi connectivity index (χ2n) is 6.08. The Labute approximate surface area is 219 Å². The van der Waals surface area contributed by atoms with Crippen molar-refractivity contribution in [1.29, 1.82) is 0 Å². The Morgan fingerprint density at radius 2 is 1.45 bits per heavy atom. The van der Waals surface area contributed by atoms with E-state index in [2.05, 4.69) is 56.3 Å². The van der Waals surface area contributed by atoms with Crippen LogP contribution in [-0.2, 0) is 6.42 Å². The molecule has 2 nitrogen and oxygen atoms in total. The van der Waals surface area contributed by atoms with E-state index < -0.39 is 0 Å². The van der Waals surface area contributed by atoms with Crippen molar-refractivity contribution in [2.24, 2.45) is 0 Å². The standard InChI is InChI=1S/C12H13.C8H11N.C6H6N.K/c1-3-5-7-12-9-6-8-11(4-2)10-12;1-2-7-3-5-8(9)6-4-7;7-6-4-2-1-3-5-6;/h2,4-10H,3H2,1H3;3-6H,2,9H2,1H3;2-5H,7H2;/q-1;;-1;+1/b7-5+;;;. The first kappa shape index (κ1) is 27.4. The number of hydrogen-bond donors (Lipinski definition) is 2. The smallest absolute Gasteiger partial charge is 0.419 e. The number of nitrogens with two attached hydrogens (primary N) is 2. The molecule has 3 aromatic rings. The van der Waals surface area contributed by atoms with Crippen LogP contribution in [0.15, 0.2) is 78.9 Å². The van der Waals surface area contributed by atoms with Crippen LogP contribution in [0.2, 0.25) is 0 Å². The number of nitrogen functional groups attached to an aromatic ring is 2.